The molecule has 0 saturated carbocycles. The first-order valence-corrected chi connectivity index (χ1v) is 6.21. The van der Waals surface area contributed by atoms with Gasteiger partial charge in [-0.2, -0.15) is 5.10 Å². The summed E-state index contributed by atoms with van der Waals surface area (Å²) in [6.07, 6.45) is 0. The molecule has 0 aliphatic carbocycles. The monoisotopic (exact) mass is 296 g/mol. The molecule has 0 radical (unpaired) electrons. The van der Waals surface area contributed by atoms with Crippen molar-refractivity contribution in [1.29, 1.82) is 0 Å². The number of aromatic nitrogens is 2. The number of nitrogens with zero attached hydrogens (tertiary/aromatic N) is 2. The fraction of sp³-hybridized carbons (Fsp3) is 0.154. The van der Waals surface area contributed by atoms with Gasteiger partial charge < -0.3 is 0 Å². The number of halogens is 2. The van der Waals surface area contributed by atoms with Crippen molar-refractivity contribution in [2.24, 2.45) is 7.05 Å². The molecule has 0 aliphatic rings. The summed E-state index contributed by atoms with van der Waals surface area (Å²) in [7, 11) is 1.48. The van der Waals surface area contributed by atoms with E-state index in [0.717, 1.165) is 4.68 Å². The summed E-state index contributed by atoms with van der Waals surface area (Å²) in [5.41, 5.74) is 0.681. The predicted molar refractivity (Wildman–Crippen MR) is 74.9 cm³/mol. The van der Waals surface area contributed by atoms with Crippen LogP contribution in [0.2, 0.25) is 10.0 Å². The molecule has 2 rings (SSSR count). The predicted octanol–water partition coefficient (Wildman–Crippen LogP) is 2.96. The van der Waals surface area contributed by atoms with E-state index in [1.165, 1.54) is 14.0 Å². The molecule has 19 heavy (non-hydrogen) atoms. The quantitative estimate of drug-likeness (QED) is 0.801. The summed E-state index contributed by atoms with van der Waals surface area (Å²) in [6.45, 7) is 1.35. The van der Waals surface area contributed by atoms with Crippen molar-refractivity contribution in [2.45, 2.75) is 6.92 Å². The van der Waals surface area contributed by atoms with E-state index in [9.17, 15) is 9.59 Å². The van der Waals surface area contributed by atoms with E-state index in [0.29, 0.717) is 16.3 Å². The first-order valence-electron chi connectivity index (χ1n) is 5.45. The third-order valence-electron chi connectivity index (χ3n) is 2.66. The molecule has 0 atom stereocenters. The second-order valence-corrected chi connectivity index (χ2v) is 4.84. The Bertz CT molecular complexity index is 706. The number of ketones is 1. The minimum absolute atomic E-state index is 0.116. The van der Waals surface area contributed by atoms with Gasteiger partial charge in [0.1, 0.15) is 10.7 Å². The molecular formula is C13H10Cl2N2O2. The van der Waals surface area contributed by atoms with Gasteiger partial charge in [0.2, 0.25) is 0 Å². The number of hydrogen-bond donors (Lipinski definition) is 0. The largest absolute Gasteiger partial charge is 0.294 e. The average molecular weight is 297 g/mol. The van der Waals surface area contributed by atoms with Crippen LogP contribution in [-0.4, -0.2) is 15.6 Å². The Morgan fingerprint density at radius 1 is 1.21 bits per heavy atom. The van der Waals surface area contributed by atoms with Crippen molar-refractivity contribution in [3.8, 4) is 11.3 Å². The van der Waals surface area contributed by atoms with Crippen LogP contribution in [-0.2, 0) is 7.05 Å². The summed E-state index contributed by atoms with van der Waals surface area (Å²) >= 11 is 11.8. The number of carbonyl (C=O) groups excluding carboxylic acids is 1. The van der Waals surface area contributed by atoms with Gasteiger partial charge >= 0.3 is 0 Å². The average Bonchev–Trinajstić information content (AvgIpc) is 2.36. The molecule has 0 amide bonds. The lowest BCUT2D eigenvalue weighted by atomic mass is 10.0. The summed E-state index contributed by atoms with van der Waals surface area (Å²) in [5, 5.41) is 4.57. The SMILES string of the molecule is CC(=O)c1c(-c2ccc(Cl)cc2)nn(C)c(=O)c1Cl. The van der Waals surface area contributed by atoms with Gasteiger partial charge in [-0.15, -0.1) is 0 Å². The Hall–Kier alpha value is -1.65. The highest BCUT2D eigenvalue weighted by Crippen LogP contribution is 2.26. The van der Waals surface area contributed by atoms with Crippen LogP contribution in [0.1, 0.15) is 17.3 Å². The topological polar surface area (TPSA) is 52.0 Å². The third kappa shape index (κ3) is 2.55. The molecule has 6 heteroatoms. The lowest BCUT2D eigenvalue weighted by Crippen LogP contribution is -2.23. The van der Waals surface area contributed by atoms with Crippen LogP contribution >= 0.6 is 23.2 Å². The number of benzene rings is 1. The zero-order chi connectivity index (χ0) is 14.2. The first kappa shape index (κ1) is 13.8. The molecule has 1 aromatic heterocycles. The van der Waals surface area contributed by atoms with E-state index in [1.807, 2.05) is 0 Å². The Kier molecular flexibility index (Phi) is 3.73. The van der Waals surface area contributed by atoms with Crippen LogP contribution in [0.25, 0.3) is 11.3 Å². The number of rotatable bonds is 2. The second kappa shape index (κ2) is 5.15. The maximum atomic E-state index is 11.7. The van der Waals surface area contributed by atoms with Crippen molar-refractivity contribution >= 4 is 29.0 Å². The zero-order valence-corrected chi connectivity index (χ0v) is 11.8. The van der Waals surface area contributed by atoms with Crippen molar-refractivity contribution in [2.75, 3.05) is 0 Å². The third-order valence-corrected chi connectivity index (χ3v) is 3.26. The summed E-state index contributed by atoms with van der Waals surface area (Å²) in [6, 6.07) is 6.80. The fourth-order valence-electron chi connectivity index (χ4n) is 1.73. The van der Waals surface area contributed by atoms with E-state index < -0.39 is 5.56 Å². The van der Waals surface area contributed by atoms with Crippen molar-refractivity contribution in [3.05, 3.63) is 50.2 Å². The lowest BCUT2D eigenvalue weighted by molar-refractivity contribution is 0.101. The van der Waals surface area contributed by atoms with E-state index in [2.05, 4.69) is 5.10 Å². The van der Waals surface area contributed by atoms with Gasteiger partial charge in [0.25, 0.3) is 5.56 Å². The van der Waals surface area contributed by atoms with Crippen molar-refractivity contribution in [3.63, 3.8) is 0 Å². The van der Waals surface area contributed by atoms with E-state index in [1.54, 1.807) is 24.3 Å². The van der Waals surface area contributed by atoms with Gasteiger partial charge in [-0.1, -0.05) is 35.3 Å². The minimum atomic E-state index is -0.496. The minimum Gasteiger partial charge on any atom is -0.294 e. The molecule has 0 N–H and O–H groups in total. The molecular weight excluding hydrogens is 287 g/mol. The zero-order valence-electron chi connectivity index (χ0n) is 10.3. The second-order valence-electron chi connectivity index (χ2n) is 4.03. The standard InChI is InChI=1S/C13H10Cl2N2O2/c1-7(18)10-11(15)13(19)17(2)16-12(10)8-3-5-9(14)6-4-8/h3-6H,1-2H3. The summed E-state index contributed by atoms with van der Waals surface area (Å²) < 4.78 is 1.11. The van der Waals surface area contributed by atoms with Gasteiger partial charge in [-0.05, 0) is 19.1 Å². The van der Waals surface area contributed by atoms with E-state index in [4.69, 9.17) is 23.2 Å². The Morgan fingerprint density at radius 2 is 1.79 bits per heavy atom. The van der Waals surface area contributed by atoms with E-state index in [-0.39, 0.29) is 16.4 Å². The van der Waals surface area contributed by atoms with Crippen LogP contribution < -0.4 is 5.56 Å². The number of Topliss-reactive ketones (excluding diaryl/α,β-unsaturated/α-hetero) is 1. The van der Waals surface area contributed by atoms with Crippen LogP contribution in [0, 0.1) is 0 Å². The van der Waals surface area contributed by atoms with Gasteiger partial charge in [0.15, 0.2) is 5.78 Å². The molecule has 0 fully saturated rings. The lowest BCUT2D eigenvalue weighted by Gasteiger charge is -2.10. The van der Waals surface area contributed by atoms with Gasteiger partial charge in [0.05, 0.1) is 5.56 Å². The van der Waals surface area contributed by atoms with Gasteiger partial charge in [0, 0.05) is 17.6 Å². The molecule has 1 aromatic carbocycles. The number of carbonyl (C=O) groups is 1. The molecule has 2 aromatic rings. The van der Waals surface area contributed by atoms with Gasteiger partial charge in [-0.3, -0.25) is 9.59 Å². The molecule has 0 aliphatic heterocycles. The fourth-order valence-corrected chi connectivity index (χ4v) is 2.20. The summed E-state index contributed by atoms with van der Waals surface area (Å²) in [5.74, 6) is -0.305. The van der Waals surface area contributed by atoms with Crippen LogP contribution in [0.3, 0.4) is 0 Å². The maximum absolute atomic E-state index is 11.7. The highest BCUT2D eigenvalue weighted by Gasteiger charge is 2.19. The van der Waals surface area contributed by atoms with Crippen LogP contribution in [0.5, 0.6) is 0 Å². The molecule has 4 nitrogen and oxygen atoms in total. The molecule has 98 valence electrons. The number of hydrogen-bond acceptors (Lipinski definition) is 3. The summed E-state index contributed by atoms with van der Waals surface area (Å²) in [4.78, 5) is 23.4. The van der Waals surface area contributed by atoms with Crippen molar-refractivity contribution in [1.82, 2.24) is 9.78 Å². The highest BCUT2D eigenvalue weighted by molar-refractivity contribution is 6.34. The van der Waals surface area contributed by atoms with Crippen LogP contribution in [0.4, 0.5) is 0 Å². The smallest absolute Gasteiger partial charge is 0.286 e. The molecule has 1 heterocycles. The van der Waals surface area contributed by atoms with Crippen LogP contribution in [0.15, 0.2) is 29.1 Å². The Morgan fingerprint density at radius 3 is 2.32 bits per heavy atom. The molecule has 0 unspecified atom stereocenters. The van der Waals surface area contributed by atoms with Gasteiger partial charge in [-0.25, -0.2) is 4.68 Å². The molecule has 0 spiro atoms. The Balaban J connectivity index is 2.79. The maximum Gasteiger partial charge on any atom is 0.286 e. The molecule has 0 saturated heterocycles. The van der Waals surface area contributed by atoms with E-state index >= 15 is 0 Å². The Labute approximate surface area is 119 Å². The normalized spacial score (nSPS) is 10.5. The molecule has 0 bridgehead atoms. The number of aryl methyl sites for hydroxylation is 1. The first-order chi connectivity index (χ1) is 8.91. The highest BCUT2D eigenvalue weighted by atomic mass is 35.5. The van der Waals surface area contributed by atoms with Crippen molar-refractivity contribution < 1.29 is 4.79 Å².